The minimum atomic E-state index is -0.189. The summed E-state index contributed by atoms with van der Waals surface area (Å²) >= 11 is 0. The van der Waals surface area contributed by atoms with Crippen molar-refractivity contribution in [3.05, 3.63) is 35.3 Å². The Morgan fingerprint density at radius 1 is 1.20 bits per heavy atom. The van der Waals surface area contributed by atoms with Crippen LogP contribution in [0.3, 0.4) is 0 Å². The minimum Gasteiger partial charge on any atom is -0.355 e. The number of carbonyl (C=O) groups excluding carboxylic acids is 2. The number of nitrogens with one attached hydrogen (secondary N) is 2. The molecular weight excluding hydrogens is 256 g/mol. The Kier molecular flexibility index (Phi) is 4.02. The summed E-state index contributed by atoms with van der Waals surface area (Å²) in [5.74, 6) is -0.299. The SMILES string of the molecule is CC(=O)NCCNC(=O)c1c(C)nc2ccc(C)cn12. The van der Waals surface area contributed by atoms with E-state index in [0.29, 0.717) is 24.5 Å². The Morgan fingerprint density at radius 3 is 2.60 bits per heavy atom. The van der Waals surface area contributed by atoms with Crippen LogP contribution in [0, 0.1) is 13.8 Å². The first-order valence-electron chi connectivity index (χ1n) is 6.47. The van der Waals surface area contributed by atoms with Crippen LogP contribution < -0.4 is 10.6 Å². The van der Waals surface area contributed by atoms with Gasteiger partial charge >= 0.3 is 0 Å². The van der Waals surface area contributed by atoms with Gasteiger partial charge in [-0.3, -0.25) is 14.0 Å². The first-order valence-corrected chi connectivity index (χ1v) is 6.47. The zero-order valence-electron chi connectivity index (χ0n) is 11.9. The highest BCUT2D eigenvalue weighted by Crippen LogP contribution is 2.13. The molecule has 20 heavy (non-hydrogen) atoms. The van der Waals surface area contributed by atoms with Crippen LogP contribution in [0.4, 0.5) is 0 Å². The molecule has 2 heterocycles. The number of nitrogens with zero attached hydrogens (tertiary/aromatic N) is 2. The highest BCUT2D eigenvalue weighted by Gasteiger charge is 2.15. The molecule has 0 saturated carbocycles. The summed E-state index contributed by atoms with van der Waals surface area (Å²) in [7, 11) is 0. The fourth-order valence-corrected chi connectivity index (χ4v) is 2.04. The maximum atomic E-state index is 12.2. The second-order valence-corrected chi connectivity index (χ2v) is 4.72. The Bertz CT molecular complexity index is 660. The zero-order valence-corrected chi connectivity index (χ0v) is 11.9. The van der Waals surface area contributed by atoms with Gasteiger partial charge in [-0.2, -0.15) is 0 Å². The third kappa shape index (κ3) is 2.96. The lowest BCUT2D eigenvalue weighted by atomic mass is 10.3. The number of aromatic nitrogens is 2. The maximum absolute atomic E-state index is 12.2. The van der Waals surface area contributed by atoms with Gasteiger partial charge in [0.25, 0.3) is 5.91 Å². The number of pyridine rings is 1. The van der Waals surface area contributed by atoms with Gasteiger partial charge in [0, 0.05) is 26.2 Å². The van der Waals surface area contributed by atoms with Gasteiger partial charge in [-0.05, 0) is 25.5 Å². The van der Waals surface area contributed by atoms with E-state index in [-0.39, 0.29) is 11.8 Å². The Morgan fingerprint density at radius 2 is 1.90 bits per heavy atom. The highest BCUT2D eigenvalue weighted by atomic mass is 16.2. The first kappa shape index (κ1) is 14.0. The molecule has 0 fully saturated rings. The average molecular weight is 274 g/mol. The van der Waals surface area contributed by atoms with Gasteiger partial charge < -0.3 is 10.6 Å². The van der Waals surface area contributed by atoms with Gasteiger partial charge in [0.05, 0.1) is 5.69 Å². The van der Waals surface area contributed by atoms with Crippen molar-refractivity contribution in [2.45, 2.75) is 20.8 Å². The molecule has 2 aromatic rings. The summed E-state index contributed by atoms with van der Waals surface area (Å²) in [6.45, 7) is 6.02. The quantitative estimate of drug-likeness (QED) is 0.810. The summed E-state index contributed by atoms with van der Waals surface area (Å²) < 4.78 is 1.79. The van der Waals surface area contributed by atoms with Crippen molar-refractivity contribution >= 4 is 17.5 Å². The molecule has 2 aromatic heterocycles. The standard InChI is InChI=1S/C14H18N4O2/c1-9-4-5-12-17-10(2)13(18(12)8-9)14(20)16-7-6-15-11(3)19/h4-5,8H,6-7H2,1-3H3,(H,15,19)(H,16,20). The number of fused-ring (bicyclic) bond motifs is 1. The molecule has 0 atom stereocenters. The van der Waals surface area contributed by atoms with Crippen LogP contribution in [-0.2, 0) is 4.79 Å². The second kappa shape index (κ2) is 5.73. The van der Waals surface area contributed by atoms with Crippen molar-refractivity contribution in [2.75, 3.05) is 13.1 Å². The molecule has 6 heteroatoms. The fourth-order valence-electron chi connectivity index (χ4n) is 2.04. The molecule has 2 amide bonds. The van der Waals surface area contributed by atoms with Crippen LogP contribution in [0.15, 0.2) is 18.3 Å². The molecule has 6 nitrogen and oxygen atoms in total. The normalized spacial score (nSPS) is 10.6. The van der Waals surface area contributed by atoms with Crippen LogP contribution in [-0.4, -0.2) is 34.3 Å². The van der Waals surface area contributed by atoms with Crippen molar-refractivity contribution in [3.8, 4) is 0 Å². The topological polar surface area (TPSA) is 75.5 Å². The van der Waals surface area contributed by atoms with E-state index in [0.717, 1.165) is 11.2 Å². The molecule has 0 aliphatic rings. The highest BCUT2D eigenvalue weighted by molar-refractivity contribution is 5.94. The van der Waals surface area contributed by atoms with E-state index < -0.39 is 0 Å². The van der Waals surface area contributed by atoms with Gasteiger partial charge in [-0.25, -0.2) is 4.98 Å². The number of carbonyl (C=O) groups is 2. The van der Waals surface area contributed by atoms with Gasteiger partial charge in [0.1, 0.15) is 11.3 Å². The molecule has 0 bridgehead atoms. The third-order valence-corrected chi connectivity index (χ3v) is 2.94. The van der Waals surface area contributed by atoms with E-state index in [4.69, 9.17) is 0 Å². The summed E-state index contributed by atoms with van der Waals surface area (Å²) in [6.07, 6.45) is 1.89. The monoisotopic (exact) mass is 274 g/mol. The van der Waals surface area contributed by atoms with Crippen molar-refractivity contribution in [3.63, 3.8) is 0 Å². The lowest BCUT2D eigenvalue weighted by Gasteiger charge is -2.06. The number of imidazole rings is 1. The smallest absolute Gasteiger partial charge is 0.270 e. The molecule has 0 aliphatic heterocycles. The largest absolute Gasteiger partial charge is 0.355 e. The van der Waals surface area contributed by atoms with Crippen molar-refractivity contribution < 1.29 is 9.59 Å². The average Bonchev–Trinajstić information content (AvgIpc) is 2.69. The minimum absolute atomic E-state index is 0.110. The number of hydrogen-bond acceptors (Lipinski definition) is 3. The van der Waals surface area contributed by atoms with Crippen molar-refractivity contribution in [1.82, 2.24) is 20.0 Å². The van der Waals surface area contributed by atoms with E-state index in [9.17, 15) is 9.59 Å². The predicted octanol–water partition coefficient (Wildman–Crippen LogP) is 0.817. The van der Waals surface area contributed by atoms with Gasteiger partial charge in [-0.15, -0.1) is 0 Å². The molecule has 0 aromatic carbocycles. The van der Waals surface area contributed by atoms with Crippen molar-refractivity contribution in [1.29, 1.82) is 0 Å². The number of aryl methyl sites for hydroxylation is 2. The van der Waals surface area contributed by atoms with Gasteiger partial charge in [0.2, 0.25) is 5.91 Å². The maximum Gasteiger partial charge on any atom is 0.270 e. The molecule has 0 aliphatic carbocycles. The van der Waals surface area contributed by atoms with Crippen LogP contribution in [0.25, 0.3) is 5.65 Å². The predicted molar refractivity (Wildman–Crippen MR) is 75.7 cm³/mol. The second-order valence-electron chi connectivity index (χ2n) is 4.72. The van der Waals surface area contributed by atoms with Crippen LogP contribution in [0.1, 0.15) is 28.7 Å². The van der Waals surface area contributed by atoms with Crippen molar-refractivity contribution in [2.24, 2.45) is 0 Å². The number of rotatable bonds is 4. The summed E-state index contributed by atoms with van der Waals surface area (Å²) in [6, 6.07) is 3.84. The van der Waals surface area contributed by atoms with E-state index >= 15 is 0 Å². The van der Waals surface area contributed by atoms with Crippen LogP contribution in [0.2, 0.25) is 0 Å². The molecule has 0 unspecified atom stereocenters. The molecule has 0 radical (unpaired) electrons. The molecule has 2 N–H and O–H groups in total. The summed E-state index contributed by atoms with van der Waals surface area (Å²) in [5.41, 5.74) is 3.03. The summed E-state index contributed by atoms with van der Waals surface area (Å²) in [4.78, 5) is 27.3. The van der Waals surface area contributed by atoms with Gasteiger partial charge in [-0.1, -0.05) is 6.07 Å². The molecule has 106 valence electrons. The van der Waals surface area contributed by atoms with Crippen LogP contribution in [0.5, 0.6) is 0 Å². The van der Waals surface area contributed by atoms with E-state index in [1.54, 1.807) is 4.40 Å². The van der Waals surface area contributed by atoms with Gasteiger partial charge in [0.15, 0.2) is 0 Å². The third-order valence-electron chi connectivity index (χ3n) is 2.94. The summed E-state index contributed by atoms with van der Waals surface area (Å²) in [5, 5.41) is 5.41. The Labute approximate surface area is 117 Å². The fraction of sp³-hybridized carbons (Fsp3) is 0.357. The van der Waals surface area contributed by atoms with E-state index in [2.05, 4.69) is 15.6 Å². The zero-order chi connectivity index (χ0) is 14.7. The molecule has 2 rings (SSSR count). The Hall–Kier alpha value is -2.37. The number of hydrogen-bond donors (Lipinski definition) is 2. The molecule has 0 saturated heterocycles. The van der Waals surface area contributed by atoms with Crippen LogP contribution >= 0.6 is 0 Å². The van der Waals surface area contributed by atoms with E-state index in [1.807, 2.05) is 32.2 Å². The lowest BCUT2D eigenvalue weighted by Crippen LogP contribution is -2.34. The Balaban J connectivity index is 2.15. The number of amides is 2. The first-order chi connectivity index (χ1) is 9.49. The lowest BCUT2D eigenvalue weighted by molar-refractivity contribution is -0.118. The molecule has 0 spiro atoms. The van der Waals surface area contributed by atoms with E-state index in [1.165, 1.54) is 6.92 Å². The molecular formula is C14H18N4O2.